The molecule has 2 aliphatic rings. The van der Waals surface area contributed by atoms with Gasteiger partial charge in [0.05, 0.1) is 0 Å². The van der Waals surface area contributed by atoms with Crippen LogP contribution in [0.2, 0.25) is 0 Å². The van der Waals surface area contributed by atoms with E-state index in [4.69, 9.17) is 0 Å². The van der Waals surface area contributed by atoms with Gasteiger partial charge in [-0.1, -0.05) is 13.0 Å². The van der Waals surface area contributed by atoms with Crippen molar-refractivity contribution in [2.75, 3.05) is 26.2 Å². The van der Waals surface area contributed by atoms with Crippen LogP contribution in [0.25, 0.3) is 0 Å². The average Bonchev–Trinajstić information content (AvgIpc) is 3.09. The van der Waals surface area contributed by atoms with Crippen molar-refractivity contribution in [2.24, 2.45) is 5.92 Å². The summed E-state index contributed by atoms with van der Waals surface area (Å²) in [4.78, 5) is 32.9. The van der Waals surface area contributed by atoms with Crippen LogP contribution in [-0.4, -0.2) is 52.8 Å². The van der Waals surface area contributed by atoms with E-state index in [0.29, 0.717) is 17.3 Å². The van der Waals surface area contributed by atoms with E-state index in [1.807, 2.05) is 9.80 Å². The first-order valence-electron chi connectivity index (χ1n) is 8.21. The van der Waals surface area contributed by atoms with Crippen LogP contribution in [0.1, 0.15) is 53.6 Å². The van der Waals surface area contributed by atoms with Crippen molar-refractivity contribution in [3.63, 3.8) is 0 Å². The molecule has 0 atom stereocenters. The molecule has 2 saturated heterocycles. The number of nitrogens with zero attached hydrogens (tertiary/aromatic N) is 3. The number of amides is 2. The molecule has 2 amide bonds. The predicted octanol–water partition coefficient (Wildman–Crippen LogP) is 2.19. The molecular weight excluding hydrogens is 278 g/mol. The van der Waals surface area contributed by atoms with Gasteiger partial charge in [0.25, 0.3) is 11.8 Å². The molecule has 2 fully saturated rings. The number of hydrogen-bond donors (Lipinski definition) is 0. The molecule has 0 saturated carbocycles. The van der Waals surface area contributed by atoms with Crippen LogP contribution >= 0.6 is 0 Å². The SMILES string of the molecule is CC1CCN(C(=O)c2cccc(C(=O)N3CCCC3)n2)CC1. The quantitative estimate of drug-likeness (QED) is 0.841. The van der Waals surface area contributed by atoms with Crippen molar-refractivity contribution in [1.82, 2.24) is 14.8 Å². The fraction of sp³-hybridized carbons (Fsp3) is 0.588. The van der Waals surface area contributed by atoms with Gasteiger partial charge < -0.3 is 9.80 Å². The number of carbonyl (C=O) groups excluding carboxylic acids is 2. The molecule has 3 rings (SSSR count). The maximum absolute atomic E-state index is 12.5. The summed E-state index contributed by atoms with van der Waals surface area (Å²) in [7, 11) is 0. The number of rotatable bonds is 2. The lowest BCUT2D eigenvalue weighted by molar-refractivity contribution is 0.0690. The number of piperidine rings is 1. The molecule has 0 aliphatic carbocycles. The third-order valence-electron chi connectivity index (χ3n) is 4.65. The van der Waals surface area contributed by atoms with Crippen molar-refractivity contribution < 1.29 is 9.59 Å². The Kier molecular flexibility index (Phi) is 4.41. The second-order valence-electron chi connectivity index (χ2n) is 6.38. The molecule has 5 heteroatoms. The molecule has 0 radical (unpaired) electrons. The molecule has 3 heterocycles. The Labute approximate surface area is 131 Å². The zero-order valence-electron chi connectivity index (χ0n) is 13.1. The van der Waals surface area contributed by atoms with Gasteiger partial charge in [0, 0.05) is 26.2 Å². The summed E-state index contributed by atoms with van der Waals surface area (Å²) >= 11 is 0. The molecule has 0 N–H and O–H groups in total. The normalized spacial score (nSPS) is 19.5. The van der Waals surface area contributed by atoms with Crippen LogP contribution < -0.4 is 0 Å². The van der Waals surface area contributed by atoms with Crippen LogP contribution in [0.4, 0.5) is 0 Å². The van der Waals surface area contributed by atoms with Gasteiger partial charge in [-0.2, -0.15) is 0 Å². The zero-order chi connectivity index (χ0) is 15.5. The summed E-state index contributed by atoms with van der Waals surface area (Å²) in [6, 6.07) is 5.17. The largest absolute Gasteiger partial charge is 0.337 e. The van der Waals surface area contributed by atoms with Gasteiger partial charge in [-0.3, -0.25) is 9.59 Å². The third kappa shape index (κ3) is 3.13. The Balaban J connectivity index is 1.73. The van der Waals surface area contributed by atoms with Gasteiger partial charge in [-0.15, -0.1) is 0 Å². The van der Waals surface area contributed by atoms with Crippen molar-refractivity contribution in [3.05, 3.63) is 29.6 Å². The molecule has 22 heavy (non-hydrogen) atoms. The first-order valence-corrected chi connectivity index (χ1v) is 8.21. The lowest BCUT2D eigenvalue weighted by Gasteiger charge is -2.30. The van der Waals surface area contributed by atoms with Crippen LogP contribution in [0.3, 0.4) is 0 Å². The van der Waals surface area contributed by atoms with Gasteiger partial charge in [0.15, 0.2) is 0 Å². The molecule has 0 aromatic carbocycles. The average molecular weight is 301 g/mol. The minimum Gasteiger partial charge on any atom is -0.337 e. The van der Waals surface area contributed by atoms with Crippen molar-refractivity contribution in [1.29, 1.82) is 0 Å². The highest BCUT2D eigenvalue weighted by molar-refractivity contribution is 5.96. The van der Waals surface area contributed by atoms with Gasteiger partial charge in [0.1, 0.15) is 11.4 Å². The molecule has 5 nitrogen and oxygen atoms in total. The molecule has 1 aromatic heterocycles. The molecule has 118 valence electrons. The summed E-state index contributed by atoms with van der Waals surface area (Å²) in [5.41, 5.74) is 0.776. The van der Waals surface area contributed by atoms with E-state index in [0.717, 1.165) is 51.9 Å². The fourth-order valence-electron chi connectivity index (χ4n) is 3.13. The first kappa shape index (κ1) is 15.0. The highest BCUT2D eigenvalue weighted by atomic mass is 16.2. The van der Waals surface area contributed by atoms with Gasteiger partial charge in [-0.25, -0.2) is 4.98 Å². The second kappa shape index (κ2) is 6.46. The van der Waals surface area contributed by atoms with Crippen molar-refractivity contribution in [2.45, 2.75) is 32.6 Å². The smallest absolute Gasteiger partial charge is 0.272 e. The maximum Gasteiger partial charge on any atom is 0.272 e. The lowest BCUT2D eigenvalue weighted by atomic mass is 9.99. The van der Waals surface area contributed by atoms with Gasteiger partial charge in [0.2, 0.25) is 0 Å². The molecule has 0 spiro atoms. The van der Waals surface area contributed by atoms with Gasteiger partial charge in [-0.05, 0) is 43.7 Å². The van der Waals surface area contributed by atoms with Crippen LogP contribution in [-0.2, 0) is 0 Å². The Bertz CT molecular complexity index is 559. The lowest BCUT2D eigenvalue weighted by Crippen LogP contribution is -2.38. The third-order valence-corrected chi connectivity index (χ3v) is 4.65. The topological polar surface area (TPSA) is 53.5 Å². The molecular formula is C17H23N3O2. The fourth-order valence-corrected chi connectivity index (χ4v) is 3.13. The van der Waals surface area contributed by atoms with Gasteiger partial charge >= 0.3 is 0 Å². The van der Waals surface area contributed by atoms with E-state index >= 15 is 0 Å². The number of hydrogen-bond acceptors (Lipinski definition) is 3. The Morgan fingerprint density at radius 1 is 0.955 bits per heavy atom. The Hall–Kier alpha value is -1.91. The molecule has 0 unspecified atom stereocenters. The Morgan fingerprint density at radius 3 is 2.00 bits per heavy atom. The van der Waals surface area contributed by atoms with Crippen LogP contribution in [0.15, 0.2) is 18.2 Å². The molecule has 0 bridgehead atoms. The van der Waals surface area contributed by atoms with E-state index in [-0.39, 0.29) is 11.8 Å². The van der Waals surface area contributed by atoms with Crippen molar-refractivity contribution >= 4 is 11.8 Å². The first-order chi connectivity index (χ1) is 10.6. The molecule has 1 aromatic rings. The van der Waals surface area contributed by atoms with E-state index < -0.39 is 0 Å². The highest BCUT2D eigenvalue weighted by Crippen LogP contribution is 2.18. The summed E-state index contributed by atoms with van der Waals surface area (Å²) < 4.78 is 0. The van der Waals surface area contributed by atoms with Crippen molar-refractivity contribution in [3.8, 4) is 0 Å². The summed E-state index contributed by atoms with van der Waals surface area (Å²) in [5.74, 6) is 0.572. The Morgan fingerprint density at radius 2 is 1.45 bits per heavy atom. The van der Waals surface area contributed by atoms with E-state index in [1.165, 1.54) is 0 Å². The monoisotopic (exact) mass is 301 g/mol. The second-order valence-corrected chi connectivity index (χ2v) is 6.38. The standard InChI is InChI=1S/C17H23N3O2/c1-13-7-11-20(12-8-13)17(22)15-6-4-5-14(18-15)16(21)19-9-2-3-10-19/h4-6,13H,2-3,7-12H2,1H3. The number of likely N-dealkylation sites (tertiary alicyclic amines) is 2. The van der Waals surface area contributed by atoms with Crippen LogP contribution in [0.5, 0.6) is 0 Å². The summed E-state index contributed by atoms with van der Waals surface area (Å²) in [6.45, 7) is 5.37. The number of pyridine rings is 1. The number of aromatic nitrogens is 1. The summed E-state index contributed by atoms with van der Waals surface area (Å²) in [6.07, 6.45) is 4.18. The number of carbonyl (C=O) groups is 2. The summed E-state index contributed by atoms with van der Waals surface area (Å²) in [5, 5.41) is 0. The highest BCUT2D eigenvalue weighted by Gasteiger charge is 2.24. The van der Waals surface area contributed by atoms with E-state index in [2.05, 4.69) is 11.9 Å². The van der Waals surface area contributed by atoms with E-state index in [1.54, 1.807) is 18.2 Å². The predicted molar refractivity (Wildman–Crippen MR) is 83.7 cm³/mol. The minimum absolute atomic E-state index is 0.0528. The molecule has 2 aliphatic heterocycles. The van der Waals surface area contributed by atoms with E-state index in [9.17, 15) is 9.59 Å². The zero-order valence-corrected chi connectivity index (χ0v) is 13.1. The minimum atomic E-state index is -0.0561. The van der Waals surface area contributed by atoms with Crippen LogP contribution in [0, 0.1) is 5.92 Å². The maximum atomic E-state index is 12.5.